The summed E-state index contributed by atoms with van der Waals surface area (Å²) in [6, 6.07) is 6.85. The van der Waals surface area contributed by atoms with E-state index in [-0.39, 0.29) is 5.97 Å². The van der Waals surface area contributed by atoms with Crippen molar-refractivity contribution in [1.82, 2.24) is 0 Å². The molecule has 0 saturated heterocycles. The molecule has 0 saturated carbocycles. The maximum absolute atomic E-state index is 11.2. The van der Waals surface area contributed by atoms with Gasteiger partial charge >= 0.3 is 5.97 Å². The number of carbonyl (C=O) groups excluding carboxylic acids is 1. The molecule has 15 heavy (non-hydrogen) atoms. The van der Waals surface area contributed by atoms with Crippen molar-refractivity contribution in [2.24, 2.45) is 0 Å². The molecule has 0 radical (unpaired) electrons. The summed E-state index contributed by atoms with van der Waals surface area (Å²) in [6.45, 7) is 1.86. The Hall–Kier alpha value is -1.22. The van der Waals surface area contributed by atoms with Crippen LogP contribution in [-0.2, 0) is 9.53 Å². The monoisotopic (exact) mass is 228 g/mol. The van der Waals surface area contributed by atoms with E-state index in [1.165, 1.54) is 7.11 Å². The van der Waals surface area contributed by atoms with Gasteiger partial charge in [-0.2, -0.15) is 0 Å². The van der Waals surface area contributed by atoms with E-state index in [1.54, 1.807) is 24.3 Å². The lowest BCUT2D eigenvalue weighted by atomic mass is 10.2. The SMILES string of the molecule is CC[C@H](Oc1ccc(Cl)cc1)C(=O)OC. The molecule has 1 aromatic rings. The van der Waals surface area contributed by atoms with Gasteiger partial charge < -0.3 is 9.47 Å². The van der Waals surface area contributed by atoms with Gasteiger partial charge in [0.2, 0.25) is 0 Å². The number of benzene rings is 1. The average molecular weight is 229 g/mol. The Balaban J connectivity index is 2.66. The maximum atomic E-state index is 11.2. The summed E-state index contributed by atoms with van der Waals surface area (Å²) in [5, 5.41) is 0.633. The molecule has 0 fully saturated rings. The second-order valence-corrected chi connectivity index (χ2v) is 3.43. The highest BCUT2D eigenvalue weighted by Gasteiger charge is 2.18. The van der Waals surface area contributed by atoms with Crippen molar-refractivity contribution in [3.8, 4) is 5.75 Å². The van der Waals surface area contributed by atoms with E-state index in [2.05, 4.69) is 4.74 Å². The van der Waals surface area contributed by atoms with Gasteiger partial charge in [-0.3, -0.25) is 0 Å². The van der Waals surface area contributed by atoms with E-state index in [9.17, 15) is 4.79 Å². The zero-order valence-electron chi connectivity index (χ0n) is 8.70. The largest absolute Gasteiger partial charge is 0.479 e. The Kier molecular flexibility index (Phi) is 4.43. The molecule has 0 amide bonds. The predicted molar refractivity (Wildman–Crippen MR) is 58.2 cm³/mol. The minimum Gasteiger partial charge on any atom is -0.479 e. The third-order valence-electron chi connectivity index (χ3n) is 1.93. The molecule has 4 heteroatoms. The molecule has 0 heterocycles. The second kappa shape index (κ2) is 5.61. The summed E-state index contributed by atoms with van der Waals surface area (Å²) in [4.78, 5) is 11.2. The molecule has 0 bridgehead atoms. The molecule has 0 unspecified atom stereocenters. The number of carbonyl (C=O) groups is 1. The molecule has 1 rings (SSSR count). The average Bonchev–Trinajstić information content (AvgIpc) is 2.27. The highest BCUT2D eigenvalue weighted by molar-refractivity contribution is 6.30. The molecule has 0 aliphatic rings. The van der Waals surface area contributed by atoms with Gasteiger partial charge in [0.1, 0.15) is 5.75 Å². The Morgan fingerprint density at radius 1 is 1.40 bits per heavy atom. The topological polar surface area (TPSA) is 35.5 Å². The van der Waals surface area contributed by atoms with Gasteiger partial charge in [-0.05, 0) is 30.7 Å². The lowest BCUT2D eigenvalue weighted by Gasteiger charge is -2.14. The predicted octanol–water partition coefficient (Wildman–Crippen LogP) is 2.67. The van der Waals surface area contributed by atoms with Crippen LogP contribution in [0.1, 0.15) is 13.3 Å². The summed E-state index contributed by atoms with van der Waals surface area (Å²) in [5.74, 6) is 0.240. The summed E-state index contributed by atoms with van der Waals surface area (Å²) in [5.41, 5.74) is 0. The first-order valence-electron chi connectivity index (χ1n) is 4.67. The van der Waals surface area contributed by atoms with E-state index in [0.29, 0.717) is 17.2 Å². The Labute approximate surface area is 93.9 Å². The first kappa shape index (κ1) is 11.9. The fraction of sp³-hybridized carbons (Fsp3) is 0.364. The van der Waals surface area contributed by atoms with Gasteiger partial charge in [-0.25, -0.2) is 4.79 Å². The Morgan fingerprint density at radius 3 is 2.47 bits per heavy atom. The van der Waals surface area contributed by atoms with Crippen molar-refractivity contribution in [3.63, 3.8) is 0 Å². The second-order valence-electron chi connectivity index (χ2n) is 2.99. The summed E-state index contributed by atoms with van der Waals surface area (Å²) < 4.78 is 10.0. The first-order chi connectivity index (χ1) is 7.17. The first-order valence-corrected chi connectivity index (χ1v) is 5.05. The third kappa shape index (κ3) is 3.44. The Bertz CT molecular complexity index is 321. The van der Waals surface area contributed by atoms with Gasteiger partial charge in [-0.1, -0.05) is 18.5 Å². The number of rotatable bonds is 4. The van der Waals surface area contributed by atoms with E-state index in [1.807, 2.05) is 6.92 Å². The summed E-state index contributed by atoms with van der Waals surface area (Å²) in [6.07, 6.45) is 0.00568. The van der Waals surface area contributed by atoms with Crippen molar-refractivity contribution < 1.29 is 14.3 Å². The van der Waals surface area contributed by atoms with Gasteiger partial charge in [-0.15, -0.1) is 0 Å². The van der Waals surface area contributed by atoms with Crippen LogP contribution in [-0.4, -0.2) is 19.2 Å². The molecule has 0 aliphatic heterocycles. The van der Waals surface area contributed by atoms with Gasteiger partial charge in [0.05, 0.1) is 7.11 Å². The molecule has 0 aliphatic carbocycles. The zero-order valence-corrected chi connectivity index (χ0v) is 9.45. The van der Waals surface area contributed by atoms with E-state index in [0.717, 1.165) is 0 Å². The quantitative estimate of drug-likeness (QED) is 0.744. The van der Waals surface area contributed by atoms with Crippen LogP contribution in [0.5, 0.6) is 5.75 Å². The van der Waals surface area contributed by atoms with Crippen LogP contribution in [0.25, 0.3) is 0 Å². The molecule has 0 N–H and O–H groups in total. The number of esters is 1. The molecule has 0 spiro atoms. The van der Waals surface area contributed by atoms with Crippen LogP contribution in [0.4, 0.5) is 0 Å². The number of hydrogen-bond donors (Lipinski definition) is 0. The Morgan fingerprint density at radius 2 is 2.00 bits per heavy atom. The van der Waals surface area contributed by atoms with Gasteiger partial charge in [0.25, 0.3) is 0 Å². The van der Waals surface area contributed by atoms with E-state index in [4.69, 9.17) is 16.3 Å². The van der Waals surface area contributed by atoms with Crippen molar-refractivity contribution in [2.45, 2.75) is 19.4 Å². The molecule has 1 aromatic carbocycles. The van der Waals surface area contributed by atoms with Crippen molar-refractivity contribution in [1.29, 1.82) is 0 Å². The minimum atomic E-state index is -0.559. The highest BCUT2D eigenvalue weighted by atomic mass is 35.5. The molecular formula is C11H13ClO3. The smallest absolute Gasteiger partial charge is 0.347 e. The summed E-state index contributed by atoms with van der Waals surface area (Å²) >= 11 is 5.72. The number of methoxy groups -OCH3 is 1. The standard InChI is InChI=1S/C11H13ClO3/c1-3-10(11(13)14-2)15-9-6-4-8(12)5-7-9/h4-7,10H,3H2,1-2H3/t10-/m0/s1. The lowest BCUT2D eigenvalue weighted by Crippen LogP contribution is -2.27. The molecular weight excluding hydrogens is 216 g/mol. The van der Waals surface area contributed by atoms with Crippen molar-refractivity contribution in [2.75, 3.05) is 7.11 Å². The fourth-order valence-corrected chi connectivity index (χ4v) is 1.23. The van der Waals surface area contributed by atoms with Crippen LogP contribution in [0.15, 0.2) is 24.3 Å². The third-order valence-corrected chi connectivity index (χ3v) is 2.18. The number of halogens is 1. The van der Waals surface area contributed by atoms with Crippen LogP contribution in [0, 0.1) is 0 Å². The molecule has 1 atom stereocenters. The highest BCUT2D eigenvalue weighted by Crippen LogP contribution is 2.17. The van der Waals surface area contributed by atoms with Crippen molar-refractivity contribution in [3.05, 3.63) is 29.3 Å². The molecule has 0 aromatic heterocycles. The number of hydrogen-bond acceptors (Lipinski definition) is 3. The van der Waals surface area contributed by atoms with Gasteiger partial charge in [0, 0.05) is 5.02 Å². The van der Waals surface area contributed by atoms with Crippen LogP contribution < -0.4 is 4.74 Å². The lowest BCUT2D eigenvalue weighted by molar-refractivity contribution is -0.148. The minimum absolute atomic E-state index is 0.368. The maximum Gasteiger partial charge on any atom is 0.347 e. The van der Waals surface area contributed by atoms with Crippen LogP contribution >= 0.6 is 11.6 Å². The molecule has 3 nitrogen and oxygen atoms in total. The zero-order chi connectivity index (χ0) is 11.3. The van der Waals surface area contributed by atoms with Gasteiger partial charge in [0.15, 0.2) is 6.10 Å². The number of ether oxygens (including phenoxy) is 2. The summed E-state index contributed by atoms with van der Waals surface area (Å²) in [7, 11) is 1.34. The molecule has 82 valence electrons. The fourth-order valence-electron chi connectivity index (χ4n) is 1.11. The van der Waals surface area contributed by atoms with E-state index >= 15 is 0 Å². The van der Waals surface area contributed by atoms with E-state index < -0.39 is 6.10 Å². The van der Waals surface area contributed by atoms with Crippen molar-refractivity contribution >= 4 is 17.6 Å². The van der Waals surface area contributed by atoms with Crippen LogP contribution in [0.2, 0.25) is 5.02 Å². The van der Waals surface area contributed by atoms with Crippen LogP contribution in [0.3, 0.4) is 0 Å². The normalized spacial score (nSPS) is 11.9.